The van der Waals surface area contributed by atoms with E-state index in [-0.39, 0.29) is 12.1 Å². The fourth-order valence-corrected chi connectivity index (χ4v) is 3.72. The van der Waals surface area contributed by atoms with Crippen molar-refractivity contribution >= 4 is 11.3 Å². The van der Waals surface area contributed by atoms with Crippen molar-refractivity contribution in [3.63, 3.8) is 0 Å². The highest BCUT2D eigenvalue weighted by molar-refractivity contribution is 7.15. The van der Waals surface area contributed by atoms with Crippen LogP contribution in [-0.4, -0.2) is 15.2 Å². The summed E-state index contributed by atoms with van der Waals surface area (Å²) in [7, 11) is 0. The van der Waals surface area contributed by atoms with E-state index in [1.165, 1.54) is 10.4 Å². The van der Waals surface area contributed by atoms with E-state index in [1.54, 1.807) is 18.3 Å². The Balaban J connectivity index is 1.77. The van der Waals surface area contributed by atoms with Gasteiger partial charge >= 0.3 is 0 Å². The Bertz CT molecular complexity index is 822. The summed E-state index contributed by atoms with van der Waals surface area (Å²) in [5.41, 5.74) is 3.48. The second-order valence-electron chi connectivity index (χ2n) is 6.10. The van der Waals surface area contributed by atoms with Crippen molar-refractivity contribution in [1.29, 1.82) is 0 Å². The van der Waals surface area contributed by atoms with Crippen molar-refractivity contribution in [2.45, 2.75) is 46.7 Å². The molecule has 0 amide bonds. The first-order valence-corrected chi connectivity index (χ1v) is 8.86. The third-order valence-corrected chi connectivity index (χ3v) is 5.33. The molecule has 0 aliphatic carbocycles. The number of benzene rings is 1. The topological polar surface area (TPSA) is 63.8 Å². The fraction of sp³-hybridized carbons (Fsp3) is 0.389. The Labute approximate surface area is 146 Å². The second-order valence-corrected chi connectivity index (χ2v) is 7.13. The van der Waals surface area contributed by atoms with Crippen LogP contribution in [0.25, 0.3) is 10.6 Å². The van der Waals surface area contributed by atoms with E-state index in [9.17, 15) is 0 Å². The van der Waals surface area contributed by atoms with Crippen LogP contribution in [0, 0.1) is 20.8 Å². The highest BCUT2D eigenvalue weighted by Crippen LogP contribution is 2.32. The average Bonchev–Trinajstić information content (AvgIpc) is 3.14. The predicted molar refractivity (Wildman–Crippen MR) is 96.0 cm³/mol. The maximum atomic E-state index is 5.50. The summed E-state index contributed by atoms with van der Waals surface area (Å²) in [5.74, 6) is 1.20. The van der Waals surface area contributed by atoms with Crippen LogP contribution >= 0.6 is 11.3 Å². The van der Waals surface area contributed by atoms with Crippen molar-refractivity contribution < 1.29 is 4.42 Å². The van der Waals surface area contributed by atoms with Gasteiger partial charge in [0.2, 0.25) is 11.8 Å². The molecule has 3 rings (SSSR count). The van der Waals surface area contributed by atoms with Gasteiger partial charge in [-0.3, -0.25) is 5.32 Å². The first-order valence-electron chi connectivity index (χ1n) is 8.04. The van der Waals surface area contributed by atoms with Crippen molar-refractivity contribution in [2.75, 3.05) is 0 Å². The molecule has 1 aromatic carbocycles. The number of thiazole rings is 1. The Morgan fingerprint density at radius 2 is 1.71 bits per heavy atom. The quantitative estimate of drug-likeness (QED) is 0.738. The van der Waals surface area contributed by atoms with E-state index in [1.807, 2.05) is 6.92 Å². The van der Waals surface area contributed by atoms with Crippen molar-refractivity contribution in [3.05, 3.63) is 52.2 Å². The maximum Gasteiger partial charge on any atom is 0.233 e. The van der Waals surface area contributed by atoms with Gasteiger partial charge in [-0.2, -0.15) is 0 Å². The molecular weight excluding hydrogens is 320 g/mol. The Kier molecular flexibility index (Phi) is 4.78. The number of hydrogen-bond acceptors (Lipinski definition) is 6. The van der Waals surface area contributed by atoms with Gasteiger partial charge in [0, 0.05) is 23.4 Å². The molecule has 5 nitrogen and oxygen atoms in total. The molecule has 2 heterocycles. The lowest BCUT2D eigenvalue weighted by Gasteiger charge is -2.16. The lowest BCUT2D eigenvalue weighted by molar-refractivity contribution is 0.381. The molecule has 24 heavy (non-hydrogen) atoms. The number of rotatable bonds is 5. The Morgan fingerprint density at radius 1 is 1.00 bits per heavy atom. The molecule has 0 spiro atoms. The number of nitrogens with one attached hydrogen (secondary N) is 1. The van der Waals surface area contributed by atoms with E-state index in [0.717, 1.165) is 16.3 Å². The highest BCUT2D eigenvalue weighted by atomic mass is 32.1. The van der Waals surface area contributed by atoms with Gasteiger partial charge in [0.1, 0.15) is 5.01 Å². The molecule has 2 atom stereocenters. The zero-order valence-corrected chi connectivity index (χ0v) is 15.4. The normalized spacial score (nSPS) is 13.9. The molecule has 126 valence electrons. The molecule has 0 unspecified atom stereocenters. The van der Waals surface area contributed by atoms with E-state index in [2.05, 4.69) is 60.6 Å². The first kappa shape index (κ1) is 16.8. The average molecular weight is 342 g/mol. The zero-order chi connectivity index (χ0) is 17.3. The minimum Gasteiger partial charge on any atom is -0.424 e. The van der Waals surface area contributed by atoms with Gasteiger partial charge in [0.15, 0.2) is 0 Å². The molecule has 0 saturated carbocycles. The van der Waals surface area contributed by atoms with Crippen molar-refractivity contribution in [2.24, 2.45) is 0 Å². The molecule has 0 aliphatic heterocycles. The molecule has 0 aliphatic rings. The zero-order valence-electron chi connectivity index (χ0n) is 14.6. The van der Waals surface area contributed by atoms with Gasteiger partial charge in [-0.05, 0) is 27.7 Å². The van der Waals surface area contributed by atoms with E-state index >= 15 is 0 Å². The van der Waals surface area contributed by atoms with Gasteiger partial charge in [0.25, 0.3) is 0 Å². The molecule has 0 saturated heterocycles. The second kappa shape index (κ2) is 6.83. The summed E-state index contributed by atoms with van der Waals surface area (Å²) in [6, 6.07) is 8.63. The van der Waals surface area contributed by atoms with Crippen molar-refractivity contribution in [1.82, 2.24) is 20.5 Å². The molecule has 3 aromatic rings. The minimum atomic E-state index is -0.00877. The van der Waals surface area contributed by atoms with Crippen LogP contribution in [-0.2, 0) is 0 Å². The number of aryl methyl sites for hydroxylation is 3. The van der Waals surface area contributed by atoms with Crippen LogP contribution in [0.5, 0.6) is 0 Å². The summed E-state index contributed by atoms with van der Waals surface area (Å²) >= 11 is 1.73. The smallest absolute Gasteiger partial charge is 0.233 e. The van der Waals surface area contributed by atoms with E-state index in [4.69, 9.17) is 9.40 Å². The summed E-state index contributed by atoms with van der Waals surface area (Å²) in [4.78, 5) is 5.97. The molecule has 0 radical (unpaired) electrons. The van der Waals surface area contributed by atoms with Crippen LogP contribution in [0.1, 0.15) is 53.8 Å². The number of nitrogens with zero attached hydrogens (tertiary/aromatic N) is 3. The van der Waals surface area contributed by atoms with Gasteiger partial charge in [-0.15, -0.1) is 21.5 Å². The minimum absolute atomic E-state index is 0.00877. The molecule has 2 aromatic heterocycles. The van der Waals surface area contributed by atoms with Crippen LogP contribution in [0.2, 0.25) is 0 Å². The van der Waals surface area contributed by atoms with Crippen LogP contribution < -0.4 is 5.32 Å². The van der Waals surface area contributed by atoms with E-state index in [0.29, 0.717) is 11.8 Å². The summed E-state index contributed by atoms with van der Waals surface area (Å²) in [5, 5.41) is 12.5. The van der Waals surface area contributed by atoms with Crippen LogP contribution in [0.4, 0.5) is 0 Å². The monoisotopic (exact) mass is 342 g/mol. The highest BCUT2D eigenvalue weighted by Gasteiger charge is 2.20. The summed E-state index contributed by atoms with van der Waals surface area (Å²) < 4.78 is 5.50. The van der Waals surface area contributed by atoms with Gasteiger partial charge < -0.3 is 4.42 Å². The number of hydrogen-bond donors (Lipinski definition) is 1. The van der Waals surface area contributed by atoms with E-state index < -0.39 is 0 Å². The standard InChI is InChI=1S/C18H22N4OS/c1-10-6-8-15(9-7-10)18-20-12(3)16(24-18)11(2)19-13(4)17-22-21-14(5)23-17/h6-9,11,13,19H,1-5H3/t11-,13-/m1/s1. The van der Waals surface area contributed by atoms with Crippen molar-refractivity contribution in [3.8, 4) is 10.6 Å². The maximum absolute atomic E-state index is 5.50. The number of aromatic nitrogens is 3. The fourth-order valence-electron chi connectivity index (χ4n) is 2.64. The SMILES string of the molecule is Cc1ccc(-c2nc(C)c([C@@H](C)N[C@H](C)c3nnc(C)o3)s2)cc1. The van der Waals surface area contributed by atoms with Crippen LogP contribution in [0.3, 0.4) is 0 Å². The lowest BCUT2D eigenvalue weighted by atomic mass is 10.1. The molecule has 0 bridgehead atoms. The van der Waals surface area contributed by atoms with Gasteiger partial charge in [-0.1, -0.05) is 29.8 Å². The third kappa shape index (κ3) is 3.55. The summed E-state index contributed by atoms with van der Waals surface area (Å²) in [6.07, 6.45) is 0. The molecule has 1 N–H and O–H groups in total. The summed E-state index contributed by atoms with van der Waals surface area (Å²) in [6.45, 7) is 10.1. The van der Waals surface area contributed by atoms with Gasteiger partial charge in [-0.25, -0.2) is 4.98 Å². The lowest BCUT2D eigenvalue weighted by Crippen LogP contribution is -2.22. The predicted octanol–water partition coefficient (Wildman–Crippen LogP) is 4.53. The van der Waals surface area contributed by atoms with Gasteiger partial charge in [0.05, 0.1) is 11.7 Å². The van der Waals surface area contributed by atoms with Crippen LogP contribution in [0.15, 0.2) is 28.7 Å². The molecule has 6 heteroatoms. The first-order chi connectivity index (χ1) is 11.4. The Hall–Kier alpha value is -2.05. The third-order valence-electron chi connectivity index (χ3n) is 3.94. The molecule has 0 fully saturated rings. The molecular formula is C18H22N4OS. The Morgan fingerprint density at radius 3 is 2.33 bits per heavy atom. The largest absolute Gasteiger partial charge is 0.424 e.